The molecule has 0 aliphatic carbocycles. The number of nitrogens with one attached hydrogen (secondary N) is 2. The van der Waals surface area contributed by atoms with Crippen molar-refractivity contribution in [3.63, 3.8) is 0 Å². The van der Waals surface area contributed by atoms with Crippen LogP contribution in [0.3, 0.4) is 0 Å². The molecule has 2 aromatic rings. The normalized spacial score (nSPS) is 16.2. The summed E-state index contributed by atoms with van der Waals surface area (Å²) < 4.78 is 5.43. The Morgan fingerprint density at radius 3 is 2.13 bits per heavy atom. The second kappa shape index (κ2) is 9.20. The van der Waals surface area contributed by atoms with Gasteiger partial charge in [0.1, 0.15) is 5.75 Å². The molecule has 1 aliphatic rings. The molecule has 1 unspecified atom stereocenters. The third-order valence-electron chi connectivity index (χ3n) is 5.05. The summed E-state index contributed by atoms with van der Waals surface area (Å²) in [5, 5.41) is 5.71. The third kappa shape index (κ3) is 5.63. The van der Waals surface area contributed by atoms with Gasteiger partial charge in [-0.2, -0.15) is 0 Å². The summed E-state index contributed by atoms with van der Waals surface area (Å²) in [5.41, 5.74) is 1.54. The summed E-state index contributed by atoms with van der Waals surface area (Å²) in [6.07, 6.45) is 0.165. The van der Waals surface area contributed by atoms with Crippen LogP contribution < -0.4 is 20.3 Å². The molecule has 7 heteroatoms. The minimum atomic E-state index is -0.489. The number of carbonyl (C=O) groups is 3. The molecule has 0 saturated carbocycles. The molecule has 0 spiro atoms. The Bertz CT molecular complexity index is 946. The van der Waals surface area contributed by atoms with Crippen molar-refractivity contribution in [2.45, 2.75) is 34.1 Å². The number of amides is 3. The van der Waals surface area contributed by atoms with E-state index in [-0.39, 0.29) is 24.1 Å². The third-order valence-corrected chi connectivity index (χ3v) is 5.05. The number of rotatable bonds is 6. The van der Waals surface area contributed by atoms with Gasteiger partial charge in [-0.05, 0) is 55.5 Å². The first-order chi connectivity index (χ1) is 14.7. The number of benzene rings is 2. The topological polar surface area (TPSA) is 87.7 Å². The van der Waals surface area contributed by atoms with Crippen LogP contribution in [0.5, 0.6) is 5.75 Å². The predicted molar refractivity (Wildman–Crippen MR) is 121 cm³/mol. The lowest BCUT2D eigenvalue weighted by molar-refractivity contribution is -0.123. The van der Waals surface area contributed by atoms with Crippen LogP contribution >= 0.6 is 0 Å². The van der Waals surface area contributed by atoms with Gasteiger partial charge in [0.05, 0.1) is 12.5 Å². The molecule has 1 heterocycles. The van der Waals surface area contributed by atoms with Gasteiger partial charge in [-0.1, -0.05) is 20.8 Å². The second-order valence-corrected chi connectivity index (χ2v) is 8.60. The highest BCUT2D eigenvalue weighted by atomic mass is 16.5. The number of hydrogen-bond acceptors (Lipinski definition) is 4. The zero-order valence-electron chi connectivity index (χ0n) is 18.4. The van der Waals surface area contributed by atoms with Crippen molar-refractivity contribution in [2.24, 2.45) is 11.3 Å². The minimum absolute atomic E-state index is 0.0791. The van der Waals surface area contributed by atoms with Crippen molar-refractivity contribution in [1.29, 1.82) is 0 Å². The van der Waals surface area contributed by atoms with Crippen molar-refractivity contribution in [3.05, 3.63) is 48.5 Å². The maximum Gasteiger partial charge on any atom is 0.229 e. The van der Waals surface area contributed by atoms with E-state index in [2.05, 4.69) is 10.6 Å². The first-order valence-corrected chi connectivity index (χ1v) is 10.4. The lowest BCUT2D eigenvalue weighted by Gasteiger charge is -2.18. The average Bonchev–Trinajstić information content (AvgIpc) is 3.11. The van der Waals surface area contributed by atoms with E-state index in [1.807, 2.05) is 52.0 Å². The molecule has 31 heavy (non-hydrogen) atoms. The molecule has 164 valence electrons. The SMILES string of the molecule is CCOc1ccc(N2CC(C(=O)Nc3ccc(NC(=O)C(C)(C)C)cc3)CC2=O)cc1. The molecule has 7 nitrogen and oxygen atoms in total. The van der Waals surface area contributed by atoms with E-state index in [1.165, 1.54) is 0 Å². The molecular formula is C24H29N3O4. The highest BCUT2D eigenvalue weighted by Gasteiger charge is 2.35. The molecule has 1 aliphatic heterocycles. The maximum absolute atomic E-state index is 12.7. The molecule has 3 amide bonds. The predicted octanol–water partition coefficient (Wildman–Crippen LogP) is 4.06. The smallest absolute Gasteiger partial charge is 0.229 e. The molecule has 2 aromatic carbocycles. The number of nitrogens with zero attached hydrogens (tertiary/aromatic N) is 1. The van der Waals surface area contributed by atoms with E-state index in [1.54, 1.807) is 29.2 Å². The molecule has 1 fully saturated rings. The summed E-state index contributed by atoms with van der Waals surface area (Å²) >= 11 is 0. The van der Waals surface area contributed by atoms with Gasteiger partial charge in [-0.25, -0.2) is 0 Å². The van der Waals surface area contributed by atoms with Crippen molar-refractivity contribution < 1.29 is 19.1 Å². The van der Waals surface area contributed by atoms with Crippen molar-refractivity contribution in [2.75, 3.05) is 28.7 Å². The minimum Gasteiger partial charge on any atom is -0.494 e. The lowest BCUT2D eigenvalue weighted by atomic mass is 9.95. The number of anilines is 3. The van der Waals surface area contributed by atoms with Gasteiger partial charge in [0.25, 0.3) is 0 Å². The van der Waals surface area contributed by atoms with E-state index in [4.69, 9.17) is 4.74 Å². The molecule has 3 rings (SSSR count). The summed E-state index contributed by atoms with van der Waals surface area (Å²) in [4.78, 5) is 38.9. The number of hydrogen-bond donors (Lipinski definition) is 2. The van der Waals surface area contributed by atoms with Gasteiger partial charge >= 0.3 is 0 Å². The average molecular weight is 424 g/mol. The van der Waals surface area contributed by atoms with E-state index in [9.17, 15) is 14.4 Å². The van der Waals surface area contributed by atoms with Crippen LogP contribution in [0.25, 0.3) is 0 Å². The highest BCUT2D eigenvalue weighted by Crippen LogP contribution is 2.28. The number of carbonyl (C=O) groups excluding carboxylic acids is 3. The van der Waals surface area contributed by atoms with Crippen molar-refractivity contribution in [3.8, 4) is 5.75 Å². The Morgan fingerprint density at radius 1 is 1.00 bits per heavy atom. The standard InChI is InChI=1S/C24H29N3O4/c1-5-31-20-12-10-19(11-13-20)27-15-16(14-21(27)28)22(29)25-17-6-8-18(9-7-17)26-23(30)24(2,3)4/h6-13,16H,5,14-15H2,1-4H3,(H,25,29)(H,26,30). The van der Waals surface area contributed by atoms with Crippen LogP contribution in [0.1, 0.15) is 34.1 Å². The van der Waals surface area contributed by atoms with Crippen molar-refractivity contribution in [1.82, 2.24) is 0 Å². The fraction of sp³-hybridized carbons (Fsp3) is 0.375. The fourth-order valence-electron chi connectivity index (χ4n) is 3.22. The molecule has 0 radical (unpaired) electrons. The van der Waals surface area contributed by atoms with Gasteiger partial charge in [0.2, 0.25) is 17.7 Å². The quantitative estimate of drug-likeness (QED) is 0.733. The molecule has 1 atom stereocenters. The number of ether oxygens (including phenoxy) is 1. The summed E-state index contributed by atoms with van der Waals surface area (Å²) in [6, 6.07) is 14.2. The van der Waals surface area contributed by atoms with E-state index < -0.39 is 11.3 Å². The van der Waals surface area contributed by atoms with Gasteiger partial charge < -0.3 is 20.3 Å². The Morgan fingerprint density at radius 2 is 1.58 bits per heavy atom. The van der Waals surface area contributed by atoms with Crippen LogP contribution in [0, 0.1) is 11.3 Å². The van der Waals surface area contributed by atoms with Gasteiger partial charge in [0, 0.05) is 35.4 Å². The monoisotopic (exact) mass is 423 g/mol. The van der Waals surface area contributed by atoms with E-state index in [0.717, 1.165) is 11.4 Å². The largest absolute Gasteiger partial charge is 0.494 e. The lowest BCUT2D eigenvalue weighted by Crippen LogP contribution is -2.28. The molecule has 0 aromatic heterocycles. The van der Waals surface area contributed by atoms with Crippen LogP contribution in [0.2, 0.25) is 0 Å². The van der Waals surface area contributed by atoms with Crippen LogP contribution in [-0.4, -0.2) is 30.9 Å². The first kappa shape index (κ1) is 22.3. The van der Waals surface area contributed by atoms with Crippen LogP contribution in [0.4, 0.5) is 17.1 Å². The molecule has 2 N–H and O–H groups in total. The van der Waals surface area contributed by atoms with E-state index >= 15 is 0 Å². The second-order valence-electron chi connectivity index (χ2n) is 8.60. The van der Waals surface area contributed by atoms with Crippen molar-refractivity contribution >= 4 is 34.8 Å². The maximum atomic E-state index is 12.7. The summed E-state index contributed by atoms with van der Waals surface area (Å²) in [7, 11) is 0. The van der Waals surface area contributed by atoms with Crippen LogP contribution in [0.15, 0.2) is 48.5 Å². The Labute approximate surface area is 182 Å². The van der Waals surface area contributed by atoms with Gasteiger partial charge in [-0.15, -0.1) is 0 Å². The van der Waals surface area contributed by atoms with Gasteiger partial charge in [0.15, 0.2) is 0 Å². The molecule has 1 saturated heterocycles. The Kier molecular flexibility index (Phi) is 6.63. The zero-order chi connectivity index (χ0) is 22.6. The fourth-order valence-corrected chi connectivity index (χ4v) is 3.22. The van der Waals surface area contributed by atoms with Crippen LogP contribution in [-0.2, 0) is 14.4 Å². The zero-order valence-corrected chi connectivity index (χ0v) is 18.4. The first-order valence-electron chi connectivity index (χ1n) is 10.4. The van der Waals surface area contributed by atoms with Gasteiger partial charge in [-0.3, -0.25) is 14.4 Å². The van der Waals surface area contributed by atoms with E-state index in [0.29, 0.717) is 24.5 Å². The Hall–Kier alpha value is -3.35. The summed E-state index contributed by atoms with van der Waals surface area (Å²) in [6.45, 7) is 8.35. The summed E-state index contributed by atoms with van der Waals surface area (Å²) in [5.74, 6) is -0.0467. The molecule has 0 bridgehead atoms. The highest BCUT2D eigenvalue weighted by molar-refractivity contribution is 6.03. The Balaban J connectivity index is 1.58. The molecular weight excluding hydrogens is 394 g/mol.